The van der Waals surface area contributed by atoms with E-state index in [0.717, 1.165) is 18.4 Å². The van der Waals surface area contributed by atoms with Crippen molar-refractivity contribution < 1.29 is 14.6 Å². The van der Waals surface area contributed by atoms with E-state index in [9.17, 15) is 14.7 Å². The molecule has 0 radical (unpaired) electrons. The first-order valence-electron chi connectivity index (χ1n) is 8.84. The number of aromatic nitrogens is 2. The number of aromatic hydroxyl groups is 1. The van der Waals surface area contributed by atoms with Crippen LogP contribution in [-0.4, -0.2) is 27.5 Å². The number of hydrogen-bond donors (Lipinski definition) is 2. The van der Waals surface area contributed by atoms with E-state index in [4.69, 9.17) is 4.74 Å². The molecule has 1 aromatic heterocycles. The number of H-pyrrole nitrogens is 1. The number of ketones is 1. The molecule has 0 saturated heterocycles. The van der Waals surface area contributed by atoms with Crippen LogP contribution in [-0.2, 0) is 11.3 Å². The van der Waals surface area contributed by atoms with E-state index in [1.807, 2.05) is 37.3 Å². The van der Waals surface area contributed by atoms with Gasteiger partial charge in [0.15, 0.2) is 11.5 Å². The van der Waals surface area contributed by atoms with Crippen LogP contribution in [0.4, 0.5) is 0 Å². The Kier molecular flexibility index (Phi) is 7.09. The van der Waals surface area contributed by atoms with Crippen LogP contribution >= 0.6 is 0 Å². The number of aromatic amines is 1. The van der Waals surface area contributed by atoms with Crippen molar-refractivity contribution in [3.8, 4) is 5.75 Å². The van der Waals surface area contributed by atoms with Gasteiger partial charge in [0.05, 0.1) is 6.61 Å². The Morgan fingerprint density at radius 1 is 1.23 bits per heavy atom. The van der Waals surface area contributed by atoms with E-state index in [2.05, 4.69) is 16.9 Å². The standard InChI is InChI=1S/C20H26N2O4/c1-13(11-26-12-16-7-5-4-6-8-16)9-10-14(2)19-21-17(15(3)23)18(24)20(25)22-19/h4-8,13-14,24H,9-12H2,1-3H3,(H,21,22,25)/t13-,14?/m0/s1. The number of carbonyl (C=O) groups excluding carboxylic acids is 1. The molecule has 1 aromatic carbocycles. The molecule has 1 unspecified atom stereocenters. The molecule has 2 N–H and O–H groups in total. The van der Waals surface area contributed by atoms with Gasteiger partial charge in [0.25, 0.3) is 5.56 Å². The number of nitrogens with one attached hydrogen (secondary N) is 1. The SMILES string of the molecule is CC(=O)c1nc(C(C)CC[C@H](C)COCc2ccccc2)[nH]c(=O)c1O. The topological polar surface area (TPSA) is 92.3 Å². The first kappa shape index (κ1) is 19.8. The van der Waals surface area contributed by atoms with Crippen molar-refractivity contribution >= 4 is 5.78 Å². The van der Waals surface area contributed by atoms with Crippen molar-refractivity contribution in [2.75, 3.05) is 6.61 Å². The maximum absolute atomic E-state index is 11.8. The van der Waals surface area contributed by atoms with Gasteiger partial charge in [0, 0.05) is 19.4 Å². The summed E-state index contributed by atoms with van der Waals surface area (Å²) < 4.78 is 5.75. The molecular weight excluding hydrogens is 332 g/mol. The molecule has 6 heteroatoms. The smallest absolute Gasteiger partial charge is 0.293 e. The van der Waals surface area contributed by atoms with E-state index < -0.39 is 17.1 Å². The summed E-state index contributed by atoms with van der Waals surface area (Å²) in [5, 5.41) is 9.64. The highest BCUT2D eigenvalue weighted by Gasteiger charge is 2.18. The third-order valence-electron chi connectivity index (χ3n) is 4.32. The van der Waals surface area contributed by atoms with Crippen LogP contribution in [0, 0.1) is 5.92 Å². The van der Waals surface area contributed by atoms with Crippen molar-refractivity contribution in [2.24, 2.45) is 5.92 Å². The van der Waals surface area contributed by atoms with E-state index in [-0.39, 0.29) is 11.6 Å². The molecule has 0 amide bonds. The van der Waals surface area contributed by atoms with Crippen LogP contribution in [0.3, 0.4) is 0 Å². The van der Waals surface area contributed by atoms with E-state index in [1.54, 1.807) is 0 Å². The first-order chi connectivity index (χ1) is 12.4. The summed E-state index contributed by atoms with van der Waals surface area (Å²) in [5.74, 6) is -0.286. The molecule has 0 aliphatic rings. The number of ether oxygens (including phenoxy) is 1. The van der Waals surface area contributed by atoms with Crippen LogP contribution in [0.15, 0.2) is 35.1 Å². The molecule has 0 aliphatic heterocycles. The Bertz CT molecular complexity index is 786. The van der Waals surface area contributed by atoms with Gasteiger partial charge in [0.2, 0.25) is 5.75 Å². The average Bonchev–Trinajstić information content (AvgIpc) is 2.62. The summed E-state index contributed by atoms with van der Waals surface area (Å²) in [6.45, 7) is 6.58. The van der Waals surface area contributed by atoms with Gasteiger partial charge in [-0.1, -0.05) is 44.2 Å². The van der Waals surface area contributed by atoms with E-state index >= 15 is 0 Å². The van der Waals surface area contributed by atoms with Crippen molar-refractivity contribution in [3.63, 3.8) is 0 Å². The lowest BCUT2D eigenvalue weighted by atomic mass is 9.98. The second kappa shape index (κ2) is 9.29. The minimum atomic E-state index is -0.675. The molecule has 26 heavy (non-hydrogen) atoms. The maximum Gasteiger partial charge on any atom is 0.293 e. The highest BCUT2D eigenvalue weighted by molar-refractivity contribution is 5.94. The minimum Gasteiger partial charge on any atom is -0.501 e. The zero-order valence-electron chi connectivity index (χ0n) is 15.5. The number of benzene rings is 1. The molecule has 2 aromatic rings. The molecule has 140 valence electrons. The molecule has 2 atom stereocenters. The minimum absolute atomic E-state index is 0.0297. The normalized spacial score (nSPS) is 13.3. The summed E-state index contributed by atoms with van der Waals surface area (Å²) in [7, 11) is 0. The highest BCUT2D eigenvalue weighted by atomic mass is 16.5. The molecule has 0 aliphatic carbocycles. The van der Waals surface area contributed by atoms with Gasteiger partial charge in [-0.3, -0.25) is 9.59 Å². The van der Waals surface area contributed by atoms with Crippen LogP contribution in [0.1, 0.15) is 61.4 Å². The molecule has 0 fully saturated rings. The van der Waals surface area contributed by atoms with Crippen LogP contribution in [0.2, 0.25) is 0 Å². The average molecular weight is 358 g/mol. The third kappa shape index (κ3) is 5.52. The molecule has 1 heterocycles. The second-order valence-electron chi connectivity index (χ2n) is 6.79. The number of Topliss-reactive ketones (excluding diaryl/α,β-unsaturated/α-hetero) is 1. The molecule has 6 nitrogen and oxygen atoms in total. The Balaban J connectivity index is 1.85. The lowest BCUT2D eigenvalue weighted by Gasteiger charge is -2.16. The Morgan fingerprint density at radius 3 is 2.58 bits per heavy atom. The molecule has 0 saturated carbocycles. The molecule has 2 rings (SSSR count). The Hall–Kier alpha value is -2.47. The number of rotatable bonds is 9. The molecular formula is C20H26N2O4. The lowest BCUT2D eigenvalue weighted by molar-refractivity contribution is 0.0883. The van der Waals surface area contributed by atoms with Crippen LogP contribution in [0.25, 0.3) is 0 Å². The van der Waals surface area contributed by atoms with Gasteiger partial charge in [-0.2, -0.15) is 0 Å². The fourth-order valence-electron chi connectivity index (χ4n) is 2.67. The second-order valence-corrected chi connectivity index (χ2v) is 6.79. The van der Waals surface area contributed by atoms with Crippen LogP contribution < -0.4 is 5.56 Å². The zero-order valence-corrected chi connectivity index (χ0v) is 15.5. The van der Waals surface area contributed by atoms with Crippen molar-refractivity contribution in [1.82, 2.24) is 9.97 Å². The van der Waals surface area contributed by atoms with E-state index in [0.29, 0.717) is 25.0 Å². The van der Waals surface area contributed by atoms with Crippen molar-refractivity contribution in [2.45, 2.75) is 46.1 Å². The fourth-order valence-corrected chi connectivity index (χ4v) is 2.67. The lowest BCUT2D eigenvalue weighted by Crippen LogP contribution is -2.18. The van der Waals surface area contributed by atoms with Crippen LogP contribution in [0.5, 0.6) is 5.75 Å². The van der Waals surface area contributed by atoms with Gasteiger partial charge in [-0.05, 0) is 24.3 Å². The molecule has 0 spiro atoms. The Labute approximate surface area is 153 Å². The summed E-state index contributed by atoms with van der Waals surface area (Å²) in [5.41, 5.74) is 0.303. The summed E-state index contributed by atoms with van der Waals surface area (Å²) in [4.78, 5) is 30.0. The largest absolute Gasteiger partial charge is 0.501 e. The number of hydrogen-bond acceptors (Lipinski definition) is 5. The summed E-state index contributed by atoms with van der Waals surface area (Å²) >= 11 is 0. The Morgan fingerprint density at radius 2 is 1.92 bits per heavy atom. The summed E-state index contributed by atoms with van der Waals surface area (Å²) in [6.07, 6.45) is 1.69. The van der Waals surface area contributed by atoms with Gasteiger partial charge >= 0.3 is 0 Å². The maximum atomic E-state index is 11.8. The van der Waals surface area contributed by atoms with E-state index in [1.165, 1.54) is 6.92 Å². The van der Waals surface area contributed by atoms with Gasteiger partial charge in [-0.25, -0.2) is 4.98 Å². The fraction of sp³-hybridized carbons (Fsp3) is 0.450. The van der Waals surface area contributed by atoms with Crippen molar-refractivity contribution in [1.29, 1.82) is 0 Å². The number of nitrogens with zero attached hydrogens (tertiary/aromatic N) is 1. The van der Waals surface area contributed by atoms with Gasteiger partial charge in [-0.15, -0.1) is 0 Å². The zero-order chi connectivity index (χ0) is 19.1. The first-order valence-corrected chi connectivity index (χ1v) is 8.84. The monoisotopic (exact) mass is 358 g/mol. The highest BCUT2D eigenvalue weighted by Crippen LogP contribution is 2.21. The van der Waals surface area contributed by atoms with Gasteiger partial charge in [0.1, 0.15) is 5.82 Å². The van der Waals surface area contributed by atoms with Gasteiger partial charge < -0.3 is 14.8 Å². The summed E-state index contributed by atoms with van der Waals surface area (Å²) in [6, 6.07) is 10.0. The quantitative estimate of drug-likeness (QED) is 0.670. The molecule has 0 bridgehead atoms. The predicted molar refractivity (Wildman–Crippen MR) is 99.4 cm³/mol. The van der Waals surface area contributed by atoms with Crippen molar-refractivity contribution in [3.05, 3.63) is 57.8 Å². The predicted octanol–water partition coefficient (Wildman–Crippen LogP) is 3.41. The third-order valence-corrected chi connectivity index (χ3v) is 4.32. The number of carbonyl (C=O) groups is 1.